The molecule has 3 aromatic carbocycles. The number of anilines is 1. The molecule has 0 N–H and O–H groups in total. The summed E-state index contributed by atoms with van der Waals surface area (Å²) in [4.78, 5) is 31.6. The maximum absolute atomic E-state index is 15.3. The number of rotatable bonds is 6. The number of carbonyl (C=O) groups is 2. The molecule has 0 saturated carbocycles. The molecule has 6 nitrogen and oxygen atoms in total. The monoisotopic (exact) mass is 537 g/mol. The third-order valence-electron chi connectivity index (χ3n) is 6.38. The number of halogens is 3. The summed E-state index contributed by atoms with van der Waals surface area (Å²) in [6.07, 6.45) is 0.741. The highest BCUT2D eigenvalue weighted by Crippen LogP contribution is 2.46. The molecule has 4 aromatic rings. The van der Waals surface area contributed by atoms with Gasteiger partial charge in [-0.25, -0.2) is 9.37 Å². The first kappa shape index (κ1) is 25.0. The summed E-state index contributed by atoms with van der Waals surface area (Å²) in [7, 11) is 1.53. The second kappa shape index (κ2) is 9.65. The summed E-state index contributed by atoms with van der Waals surface area (Å²) in [6.45, 7) is 3.93. The topological polar surface area (TPSA) is 64.4 Å². The minimum atomic E-state index is -0.711. The van der Waals surface area contributed by atoms with E-state index in [9.17, 15) is 9.59 Å². The molecule has 0 spiro atoms. The maximum Gasteiger partial charge on any atom is 0.279 e. The lowest BCUT2D eigenvalue weighted by molar-refractivity contribution is 0.0988. The van der Waals surface area contributed by atoms with E-state index in [-0.39, 0.29) is 22.4 Å². The summed E-state index contributed by atoms with van der Waals surface area (Å²) >= 11 is 12.3. The number of imidazole rings is 1. The van der Waals surface area contributed by atoms with Crippen molar-refractivity contribution in [3.8, 4) is 17.1 Å². The van der Waals surface area contributed by atoms with Crippen LogP contribution < -0.4 is 9.64 Å². The van der Waals surface area contributed by atoms with Crippen molar-refractivity contribution in [1.82, 2.24) is 9.55 Å². The summed E-state index contributed by atoms with van der Waals surface area (Å²) < 4.78 is 22.8. The molecule has 0 saturated heterocycles. The average molecular weight is 538 g/mol. The molecule has 5 rings (SSSR count). The van der Waals surface area contributed by atoms with E-state index in [4.69, 9.17) is 32.9 Å². The first-order valence-corrected chi connectivity index (χ1v) is 12.3. The van der Waals surface area contributed by atoms with Gasteiger partial charge in [0.25, 0.3) is 5.91 Å². The molecule has 0 radical (unpaired) electrons. The Labute approximate surface area is 223 Å². The smallest absolute Gasteiger partial charge is 0.279 e. The molecule has 0 fully saturated rings. The van der Waals surface area contributed by atoms with Gasteiger partial charge in [-0.15, -0.1) is 0 Å². The maximum atomic E-state index is 15.3. The predicted molar refractivity (Wildman–Crippen MR) is 142 cm³/mol. The Morgan fingerprint density at radius 2 is 1.81 bits per heavy atom. The van der Waals surface area contributed by atoms with Crippen LogP contribution in [0.15, 0.2) is 60.7 Å². The number of nitrogens with zero attached hydrogens (tertiary/aromatic N) is 3. The van der Waals surface area contributed by atoms with Gasteiger partial charge < -0.3 is 9.30 Å². The zero-order chi connectivity index (χ0) is 26.4. The third kappa shape index (κ3) is 4.08. The van der Waals surface area contributed by atoms with Crippen molar-refractivity contribution in [3.05, 3.63) is 99.0 Å². The van der Waals surface area contributed by atoms with Gasteiger partial charge in [0.15, 0.2) is 11.5 Å². The van der Waals surface area contributed by atoms with Gasteiger partial charge >= 0.3 is 0 Å². The number of ether oxygens (including phenoxy) is 1. The van der Waals surface area contributed by atoms with Gasteiger partial charge in [0.05, 0.1) is 29.1 Å². The first-order chi connectivity index (χ1) is 17.8. The van der Waals surface area contributed by atoms with Crippen molar-refractivity contribution in [3.63, 3.8) is 0 Å². The fourth-order valence-corrected chi connectivity index (χ4v) is 5.08. The molecule has 188 valence electrons. The van der Waals surface area contributed by atoms with Crippen molar-refractivity contribution in [1.29, 1.82) is 0 Å². The highest BCUT2D eigenvalue weighted by atomic mass is 35.5. The lowest BCUT2D eigenvalue weighted by Gasteiger charge is -2.29. The largest absolute Gasteiger partial charge is 0.496 e. The van der Waals surface area contributed by atoms with E-state index in [1.54, 1.807) is 48.5 Å². The average Bonchev–Trinajstić information content (AvgIpc) is 3.41. The molecule has 0 bridgehead atoms. The Hall–Kier alpha value is -3.68. The molecular formula is C28H22Cl2FN3O3. The van der Waals surface area contributed by atoms with Crippen molar-refractivity contribution in [2.75, 3.05) is 12.0 Å². The van der Waals surface area contributed by atoms with Crippen LogP contribution in [0.2, 0.25) is 10.0 Å². The molecular weight excluding hydrogens is 516 g/mol. The Morgan fingerprint density at radius 1 is 1.08 bits per heavy atom. The van der Waals surface area contributed by atoms with Gasteiger partial charge in [-0.3, -0.25) is 14.5 Å². The number of aldehydes is 1. The van der Waals surface area contributed by atoms with E-state index in [2.05, 4.69) is 0 Å². The van der Waals surface area contributed by atoms with Crippen molar-refractivity contribution >= 4 is 41.1 Å². The molecule has 2 heterocycles. The van der Waals surface area contributed by atoms with Gasteiger partial charge in [-0.1, -0.05) is 41.4 Å². The van der Waals surface area contributed by atoms with Gasteiger partial charge in [0.2, 0.25) is 0 Å². The van der Waals surface area contributed by atoms with E-state index >= 15 is 4.39 Å². The SMILES string of the molecule is COc1ccc(C=O)cc1-c1nc2c(n1C(C)C)C(c1ccc(Cl)cc1)N(c1cccc(Cl)c1F)C2=O. The van der Waals surface area contributed by atoms with E-state index in [1.807, 2.05) is 18.4 Å². The van der Waals surface area contributed by atoms with Crippen LogP contribution in [0.4, 0.5) is 10.1 Å². The first-order valence-electron chi connectivity index (χ1n) is 11.6. The van der Waals surface area contributed by atoms with Crippen LogP contribution in [0.1, 0.15) is 58.0 Å². The van der Waals surface area contributed by atoms with E-state index < -0.39 is 17.8 Å². The third-order valence-corrected chi connectivity index (χ3v) is 6.92. The lowest BCUT2D eigenvalue weighted by atomic mass is 10.0. The van der Waals surface area contributed by atoms with E-state index in [0.717, 1.165) is 11.8 Å². The fourth-order valence-electron chi connectivity index (χ4n) is 4.78. The molecule has 0 aliphatic carbocycles. The van der Waals surface area contributed by atoms with Gasteiger partial charge in [-0.2, -0.15) is 0 Å². The summed E-state index contributed by atoms with van der Waals surface area (Å²) in [5.74, 6) is -0.191. The normalized spacial score (nSPS) is 14.8. The Balaban J connectivity index is 1.81. The Morgan fingerprint density at radius 3 is 2.46 bits per heavy atom. The zero-order valence-corrected chi connectivity index (χ0v) is 21.7. The van der Waals surface area contributed by atoms with Gasteiger partial charge in [-0.05, 0) is 61.9 Å². The molecule has 1 aliphatic heterocycles. The molecule has 1 aliphatic rings. The number of methoxy groups -OCH3 is 1. The van der Waals surface area contributed by atoms with Crippen LogP contribution in [0.25, 0.3) is 11.4 Å². The number of carbonyl (C=O) groups excluding carboxylic acids is 2. The quantitative estimate of drug-likeness (QED) is 0.245. The van der Waals surface area contributed by atoms with Crippen LogP contribution >= 0.6 is 23.2 Å². The molecule has 9 heteroatoms. The van der Waals surface area contributed by atoms with Crippen molar-refractivity contribution in [2.45, 2.75) is 25.9 Å². The number of fused-ring (bicyclic) bond motifs is 1. The van der Waals surface area contributed by atoms with Gasteiger partial charge in [0, 0.05) is 16.6 Å². The van der Waals surface area contributed by atoms with Crippen LogP contribution in [-0.4, -0.2) is 28.9 Å². The number of aromatic nitrogens is 2. The lowest BCUT2D eigenvalue weighted by Crippen LogP contribution is -2.31. The number of amides is 1. The predicted octanol–water partition coefficient (Wildman–Crippen LogP) is 7.15. The number of benzene rings is 3. The van der Waals surface area contributed by atoms with E-state index in [0.29, 0.717) is 33.4 Å². The summed E-state index contributed by atoms with van der Waals surface area (Å²) in [6, 6.07) is 15.8. The zero-order valence-electron chi connectivity index (χ0n) is 20.2. The van der Waals surface area contributed by atoms with Gasteiger partial charge in [0.1, 0.15) is 23.9 Å². The molecule has 1 aromatic heterocycles. The minimum absolute atomic E-state index is 0.0489. The fraction of sp³-hybridized carbons (Fsp3) is 0.179. The Kier molecular flexibility index (Phi) is 6.52. The molecule has 1 atom stereocenters. The summed E-state index contributed by atoms with van der Waals surface area (Å²) in [5, 5.41) is 0.440. The standard InChI is InChI=1S/C28H22Cl2FN3O3/c1-15(2)33-26-24(32-27(33)19-13-16(14-35)7-12-22(19)37-3)28(36)34(21-6-4-5-20(30)23(21)31)25(26)17-8-10-18(29)11-9-17/h4-15,25H,1-3H3. The van der Waals surface area contributed by atoms with Crippen molar-refractivity contribution in [2.24, 2.45) is 0 Å². The minimum Gasteiger partial charge on any atom is -0.496 e. The highest BCUT2D eigenvalue weighted by Gasteiger charge is 2.45. The Bertz CT molecular complexity index is 1530. The van der Waals surface area contributed by atoms with E-state index in [1.165, 1.54) is 24.1 Å². The van der Waals surface area contributed by atoms with Crippen LogP contribution in [0, 0.1) is 5.82 Å². The van der Waals surface area contributed by atoms with Crippen LogP contribution in [-0.2, 0) is 0 Å². The van der Waals surface area contributed by atoms with Crippen molar-refractivity contribution < 1.29 is 18.7 Å². The second-order valence-corrected chi connectivity index (χ2v) is 9.76. The summed E-state index contributed by atoms with van der Waals surface area (Å²) in [5.41, 5.74) is 2.55. The number of hydrogen-bond donors (Lipinski definition) is 0. The highest BCUT2D eigenvalue weighted by molar-refractivity contribution is 6.31. The second-order valence-electron chi connectivity index (χ2n) is 8.91. The molecule has 1 amide bonds. The molecule has 1 unspecified atom stereocenters. The van der Waals surface area contributed by atoms with Crippen LogP contribution in [0.5, 0.6) is 5.75 Å². The number of hydrogen-bond acceptors (Lipinski definition) is 4. The van der Waals surface area contributed by atoms with Crippen LogP contribution in [0.3, 0.4) is 0 Å². The molecule has 37 heavy (non-hydrogen) atoms.